The summed E-state index contributed by atoms with van der Waals surface area (Å²) in [5, 5.41) is 0. The van der Waals surface area contributed by atoms with Crippen LogP contribution in [-0.2, 0) is 22.4 Å². The van der Waals surface area contributed by atoms with Gasteiger partial charge in [-0.1, -0.05) is 24.3 Å². The van der Waals surface area contributed by atoms with E-state index in [0.717, 1.165) is 55.6 Å². The van der Waals surface area contributed by atoms with Crippen molar-refractivity contribution in [2.75, 3.05) is 26.7 Å². The largest absolute Gasteiger partial charge is 0.469 e. The molecule has 3 rings (SSSR count). The molecular weight excluding hydrogens is 394 g/mol. The van der Waals surface area contributed by atoms with Gasteiger partial charge in [-0.25, -0.2) is 9.97 Å². The smallest absolute Gasteiger partial charge is 0.308 e. The lowest BCUT2D eigenvalue weighted by Gasteiger charge is -2.30. The minimum Gasteiger partial charge on any atom is -0.469 e. The summed E-state index contributed by atoms with van der Waals surface area (Å²) in [6, 6.07) is 8.69. The summed E-state index contributed by atoms with van der Waals surface area (Å²) < 4.78 is 5.74. The zero-order chi connectivity index (χ0) is 18.4. The van der Waals surface area contributed by atoms with E-state index in [-0.39, 0.29) is 11.9 Å². The van der Waals surface area contributed by atoms with Gasteiger partial charge in [-0.2, -0.15) is 0 Å². The predicted octanol–water partition coefficient (Wildman–Crippen LogP) is 3.26. The maximum Gasteiger partial charge on any atom is 0.308 e. The van der Waals surface area contributed by atoms with Crippen molar-refractivity contribution in [3.63, 3.8) is 0 Å². The van der Waals surface area contributed by atoms with Crippen LogP contribution in [-0.4, -0.2) is 47.6 Å². The first-order chi connectivity index (χ1) is 12.6. The molecule has 5 nitrogen and oxygen atoms in total. The van der Waals surface area contributed by atoms with Gasteiger partial charge in [0, 0.05) is 25.4 Å². The van der Waals surface area contributed by atoms with E-state index in [9.17, 15) is 4.79 Å². The van der Waals surface area contributed by atoms with Gasteiger partial charge in [0.25, 0.3) is 0 Å². The highest BCUT2D eigenvalue weighted by molar-refractivity contribution is 9.10. The average Bonchev–Trinajstić information content (AvgIpc) is 2.69. The molecule has 0 saturated carbocycles. The van der Waals surface area contributed by atoms with Crippen LogP contribution < -0.4 is 0 Å². The van der Waals surface area contributed by atoms with Crippen LogP contribution in [0.25, 0.3) is 0 Å². The van der Waals surface area contributed by atoms with Gasteiger partial charge in [0.1, 0.15) is 5.82 Å². The number of nitrogens with zero attached hydrogens (tertiary/aromatic N) is 3. The van der Waals surface area contributed by atoms with Crippen LogP contribution in [0.2, 0.25) is 0 Å². The molecule has 0 amide bonds. The van der Waals surface area contributed by atoms with Crippen molar-refractivity contribution in [1.82, 2.24) is 14.9 Å². The highest BCUT2D eigenvalue weighted by Crippen LogP contribution is 2.19. The zero-order valence-corrected chi connectivity index (χ0v) is 16.6. The molecule has 0 atom stereocenters. The number of esters is 1. The normalized spacial score (nSPS) is 15.8. The first kappa shape index (κ1) is 19.0. The van der Waals surface area contributed by atoms with Gasteiger partial charge in [-0.15, -0.1) is 0 Å². The number of halogens is 1. The summed E-state index contributed by atoms with van der Waals surface area (Å²) in [5.41, 5.74) is 2.55. The molecule has 1 aliphatic rings. The van der Waals surface area contributed by atoms with Crippen LogP contribution in [0.1, 0.15) is 29.8 Å². The SMILES string of the molecule is COC(=O)C1CCN(CCc2ccc(Cc3ncc(Br)cn3)cc2)CC1. The molecule has 0 radical (unpaired) electrons. The van der Waals surface area contributed by atoms with Crippen molar-refractivity contribution < 1.29 is 9.53 Å². The van der Waals surface area contributed by atoms with E-state index >= 15 is 0 Å². The van der Waals surface area contributed by atoms with Crippen molar-refractivity contribution in [2.45, 2.75) is 25.7 Å². The Morgan fingerprint density at radius 1 is 1.15 bits per heavy atom. The van der Waals surface area contributed by atoms with Crippen LogP contribution in [0, 0.1) is 5.92 Å². The zero-order valence-electron chi connectivity index (χ0n) is 15.0. The van der Waals surface area contributed by atoms with Crippen molar-refractivity contribution >= 4 is 21.9 Å². The number of carbonyl (C=O) groups excluding carboxylic acids is 1. The summed E-state index contributed by atoms with van der Waals surface area (Å²) >= 11 is 3.35. The van der Waals surface area contributed by atoms with E-state index < -0.39 is 0 Å². The minimum absolute atomic E-state index is 0.0602. The number of rotatable bonds is 6. The number of benzene rings is 1. The average molecular weight is 418 g/mol. The topological polar surface area (TPSA) is 55.3 Å². The number of aromatic nitrogens is 2. The second-order valence-electron chi connectivity index (χ2n) is 6.70. The van der Waals surface area contributed by atoms with E-state index in [1.54, 1.807) is 12.4 Å². The molecule has 0 aliphatic carbocycles. The van der Waals surface area contributed by atoms with E-state index in [4.69, 9.17) is 4.74 Å². The number of likely N-dealkylation sites (tertiary alicyclic amines) is 1. The van der Waals surface area contributed by atoms with Gasteiger partial charge in [0.05, 0.1) is 17.5 Å². The lowest BCUT2D eigenvalue weighted by Crippen LogP contribution is -2.37. The summed E-state index contributed by atoms with van der Waals surface area (Å²) in [6.07, 6.45) is 7.13. The van der Waals surface area contributed by atoms with E-state index in [0.29, 0.717) is 0 Å². The molecule has 1 saturated heterocycles. The molecule has 0 bridgehead atoms. The van der Waals surface area contributed by atoms with E-state index in [1.807, 2.05) is 0 Å². The second-order valence-corrected chi connectivity index (χ2v) is 7.62. The molecule has 1 fully saturated rings. The summed E-state index contributed by atoms with van der Waals surface area (Å²) in [6.45, 7) is 2.97. The monoisotopic (exact) mass is 417 g/mol. The number of hydrogen-bond donors (Lipinski definition) is 0. The third-order valence-corrected chi connectivity index (χ3v) is 5.31. The molecule has 0 N–H and O–H groups in total. The Morgan fingerprint density at radius 2 is 1.77 bits per heavy atom. The van der Waals surface area contributed by atoms with Gasteiger partial charge in [-0.05, 0) is 59.4 Å². The van der Waals surface area contributed by atoms with Crippen molar-refractivity contribution in [2.24, 2.45) is 5.92 Å². The fourth-order valence-electron chi connectivity index (χ4n) is 3.28. The van der Waals surface area contributed by atoms with Gasteiger partial charge in [-0.3, -0.25) is 4.79 Å². The quantitative estimate of drug-likeness (QED) is 0.675. The highest BCUT2D eigenvalue weighted by atomic mass is 79.9. The molecule has 1 aromatic heterocycles. The van der Waals surface area contributed by atoms with Gasteiger partial charge < -0.3 is 9.64 Å². The fraction of sp³-hybridized carbons (Fsp3) is 0.450. The second kappa shape index (κ2) is 9.24. The first-order valence-electron chi connectivity index (χ1n) is 8.98. The maximum absolute atomic E-state index is 11.6. The molecule has 2 aromatic rings. The van der Waals surface area contributed by atoms with Crippen LogP contribution >= 0.6 is 15.9 Å². The molecular formula is C20H24BrN3O2. The Kier molecular flexibility index (Phi) is 6.74. The molecule has 0 spiro atoms. The first-order valence-corrected chi connectivity index (χ1v) is 9.78. The van der Waals surface area contributed by atoms with E-state index in [2.05, 4.69) is 55.1 Å². The van der Waals surface area contributed by atoms with Crippen LogP contribution in [0.4, 0.5) is 0 Å². The molecule has 138 valence electrons. The maximum atomic E-state index is 11.6. The van der Waals surface area contributed by atoms with Crippen molar-refractivity contribution in [3.05, 3.63) is 58.1 Å². The summed E-state index contributed by atoms with van der Waals surface area (Å²) in [7, 11) is 1.47. The molecule has 0 unspecified atom stereocenters. The number of piperidine rings is 1. The lowest BCUT2D eigenvalue weighted by atomic mass is 9.96. The lowest BCUT2D eigenvalue weighted by molar-refractivity contribution is -0.147. The predicted molar refractivity (Wildman–Crippen MR) is 104 cm³/mol. The Bertz CT molecular complexity index is 711. The molecule has 2 heterocycles. The third-order valence-electron chi connectivity index (χ3n) is 4.90. The Balaban J connectivity index is 1.45. The van der Waals surface area contributed by atoms with Crippen molar-refractivity contribution in [1.29, 1.82) is 0 Å². The fourth-order valence-corrected chi connectivity index (χ4v) is 3.49. The van der Waals surface area contributed by atoms with Crippen LogP contribution in [0.5, 0.6) is 0 Å². The highest BCUT2D eigenvalue weighted by Gasteiger charge is 2.25. The number of methoxy groups -OCH3 is 1. The molecule has 26 heavy (non-hydrogen) atoms. The van der Waals surface area contributed by atoms with E-state index in [1.165, 1.54) is 18.2 Å². The number of ether oxygens (including phenoxy) is 1. The van der Waals surface area contributed by atoms with Gasteiger partial charge >= 0.3 is 5.97 Å². The standard InChI is InChI=1S/C20H24BrN3O2/c1-26-20(25)17-7-10-24(11-8-17)9-6-15-2-4-16(5-3-15)12-19-22-13-18(21)14-23-19/h2-5,13-14,17H,6-12H2,1H3. The van der Waals surface area contributed by atoms with Crippen LogP contribution in [0.15, 0.2) is 41.1 Å². The Morgan fingerprint density at radius 3 is 2.38 bits per heavy atom. The Hall–Kier alpha value is -1.79. The summed E-state index contributed by atoms with van der Waals surface area (Å²) in [4.78, 5) is 22.7. The third kappa shape index (κ3) is 5.35. The van der Waals surface area contributed by atoms with Crippen molar-refractivity contribution in [3.8, 4) is 0 Å². The molecule has 6 heteroatoms. The Labute approximate surface area is 162 Å². The van der Waals surface area contributed by atoms with Crippen LogP contribution in [0.3, 0.4) is 0 Å². The number of carbonyl (C=O) groups is 1. The van der Waals surface area contributed by atoms with Gasteiger partial charge in [0.2, 0.25) is 0 Å². The minimum atomic E-state index is -0.0602. The number of hydrogen-bond acceptors (Lipinski definition) is 5. The molecule has 1 aliphatic heterocycles. The van der Waals surface area contributed by atoms with Gasteiger partial charge in [0.15, 0.2) is 0 Å². The molecule has 1 aromatic carbocycles. The summed E-state index contributed by atoms with van der Waals surface area (Å²) in [5.74, 6) is 0.848.